The van der Waals surface area contributed by atoms with E-state index < -0.39 is 6.36 Å². The van der Waals surface area contributed by atoms with Crippen LogP contribution in [0.15, 0.2) is 28.6 Å². The average Bonchev–Trinajstić information content (AvgIpc) is 3.14. The molecule has 2 aromatic rings. The molecular weight excluding hydrogens is 441 g/mol. The minimum absolute atomic E-state index is 0.0783. The van der Waals surface area contributed by atoms with Crippen LogP contribution < -0.4 is 10.1 Å². The Morgan fingerprint density at radius 3 is 2.37 bits per heavy atom. The zero-order valence-corrected chi connectivity index (χ0v) is 17.0. The highest BCUT2D eigenvalue weighted by Gasteiger charge is 2.30. The number of nitrogens with zero attached hydrogens (tertiary/aromatic N) is 5. The van der Waals surface area contributed by atoms with Crippen molar-refractivity contribution in [3.05, 3.63) is 24.3 Å². The van der Waals surface area contributed by atoms with Gasteiger partial charge in [-0.15, -0.1) is 23.4 Å². The Morgan fingerprint density at radius 1 is 1.17 bits per heavy atom. The number of halogens is 3. The number of hydrogen-bond donors (Lipinski definition) is 1. The maximum atomic E-state index is 12.3. The van der Waals surface area contributed by atoms with E-state index in [0.717, 1.165) is 0 Å². The maximum absolute atomic E-state index is 12.3. The fourth-order valence-electron chi connectivity index (χ4n) is 2.13. The molecule has 0 aliphatic heterocycles. The zero-order valence-electron chi connectivity index (χ0n) is 15.3. The standard InChI is InChI=1S/C17H15F3N6O2S2/c18-17(19,20)28-13-5-3-12(4-6-13)23-15-24-25-16(30-15)29-11-14(27)26(9-1-7-21)10-2-8-22/h3-6H,1-2,9-11H2,(H,23,24). The van der Waals surface area contributed by atoms with Crippen LogP contribution in [-0.2, 0) is 4.79 Å². The smallest absolute Gasteiger partial charge is 0.406 e. The number of aromatic nitrogens is 2. The molecule has 0 unspecified atom stereocenters. The number of thioether (sulfide) groups is 1. The second kappa shape index (κ2) is 11.2. The Kier molecular flexibility index (Phi) is 8.70. The van der Waals surface area contributed by atoms with Gasteiger partial charge in [0.05, 0.1) is 30.7 Å². The Balaban J connectivity index is 1.88. The number of benzene rings is 1. The minimum atomic E-state index is -4.75. The molecule has 0 aliphatic carbocycles. The van der Waals surface area contributed by atoms with Gasteiger partial charge >= 0.3 is 6.36 Å². The lowest BCUT2D eigenvalue weighted by Crippen LogP contribution is -2.34. The molecule has 1 aromatic heterocycles. The molecule has 2 rings (SSSR count). The van der Waals surface area contributed by atoms with Gasteiger partial charge in [-0.3, -0.25) is 4.79 Å². The molecule has 0 atom stereocenters. The van der Waals surface area contributed by atoms with Crippen LogP contribution >= 0.6 is 23.1 Å². The number of carbonyl (C=O) groups is 1. The summed E-state index contributed by atoms with van der Waals surface area (Å²) in [7, 11) is 0. The Bertz CT molecular complexity index is 903. The lowest BCUT2D eigenvalue weighted by Gasteiger charge is -2.19. The summed E-state index contributed by atoms with van der Waals surface area (Å²) in [4.78, 5) is 13.8. The highest BCUT2D eigenvalue weighted by molar-refractivity contribution is 8.01. The van der Waals surface area contributed by atoms with Gasteiger partial charge in [-0.1, -0.05) is 23.1 Å². The van der Waals surface area contributed by atoms with Crippen molar-refractivity contribution in [3.63, 3.8) is 0 Å². The van der Waals surface area contributed by atoms with E-state index in [1.54, 1.807) is 0 Å². The highest BCUT2D eigenvalue weighted by atomic mass is 32.2. The number of carbonyl (C=O) groups excluding carboxylic acids is 1. The zero-order chi connectivity index (χ0) is 22.0. The van der Waals surface area contributed by atoms with Crippen LogP contribution in [0.1, 0.15) is 12.8 Å². The predicted octanol–water partition coefficient (Wildman–Crippen LogP) is 3.93. The van der Waals surface area contributed by atoms with Crippen LogP contribution in [-0.4, -0.2) is 46.2 Å². The fraction of sp³-hybridized carbons (Fsp3) is 0.353. The summed E-state index contributed by atoms with van der Waals surface area (Å²) in [5.41, 5.74) is 0.493. The van der Waals surface area contributed by atoms with E-state index in [4.69, 9.17) is 10.5 Å². The summed E-state index contributed by atoms with van der Waals surface area (Å²) in [6.45, 7) is 0.517. The van der Waals surface area contributed by atoms with Gasteiger partial charge < -0.3 is 15.0 Å². The van der Waals surface area contributed by atoms with Gasteiger partial charge in [-0.25, -0.2) is 0 Å². The van der Waals surface area contributed by atoms with Gasteiger partial charge in [-0.05, 0) is 24.3 Å². The number of nitrogens with one attached hydrogen (secondary N) is 1. The van der Waals surface area contributed by atoms with Crippen molar-refractivity contribution in [1.29, 1.82) is 10.5 Å². The molecule has 0 bridgehead atoms. The summed E-state index contributed by atoms with van der Waals surface area (Å²) in [6, 6.07) is 9.08. The van der Waals surface area contributed by atoms with E-state index in [-0.39, 0.29) is 43.3 Å². The van der Waals surface area contributed by atoms with Gasteiger partial charge in [0.2, 0.25) is 11.0 Å². The molecule has 8 nitrogen and oxygen atoms in total. The van der Waals surface area contributed by atoms with Crippen LogP contribution in [0, 0.1) is 22.7 Å². The van der Waals surface area contributed by atoms with Crippen LogP contribution in [0.4, 0.5) is 24.0 Å². The molecule has 30 heavy (non-hydrogen) atoms. The van der Waals surface area contributed by atoms with E-state index in [0.29, 0.717) is 15.2 Å². The van der Waals surface area contributed by atoms with Crippen molar-refractivity contribution in [2.24, 2.45) is 0 Å². The van der Waals surface area contributed by atoms with Crippen LogP contribution in [0.25, 0.3) is 0 Å². The van der Waals surface area contributed by atoms with E-state index >= 15 is 0 Å². The number of anilines is 2. The summed E-state index contributed by atoms with van der Waals surface area (Å²) in [5.74, 6) is -0.470. The first-order valence-corrected chi connectivity index (χ1v) is 10.2. The molecule has 0 aliphatic rings. The summed E-state index contributed by atoms with van der Waals surface area (Å²) < 4.78 is 40.9. The first-order valence-electron chi connectivity index (χ1n) is 8.41. The van der Waals surface area contributed by atoms with Gasteiger partial charge in [0.25, 0.3) is 0 Å². The number of amides is 1. The Morgan fingerprint density at radius 2 is 1.80 bits per heavy atom. The number of ether oxygens (including phenoxy) is 1. The predicted molar refractivity (Wildman–Crippen MR) is 104 cm³/mol. The second-order valence-corrected chi connectivity index (χ2v) is 7.76. The quantitative estimate of drug-likeness (QED) is 0.535. The molecule has 1 N–H and O–H groups in total. The third-order valence-corrected chi connectivity index (χ3v) is 5.36. The van der Waals surface area contributed by atoms with Crippen molar-refractivity contribution in [2.45, 2.75) is 23.5 Å². The van der Waals surface area contributed by atoms with E-state index in [9.17, 15) is 18.0 Å². The molecule has 13 heteroatoms. The number of hydrogen-bond acceptors (Lipinski definition) is 9. The average molecular weight is 456 g/mol. The van der Waals surface area contributed by atoms with Gasteiger partial charge in [0.15, 0.2) is 4.34 Å². The normalized spacial score (nSPS) is 10.7. The number of alkyl halides is 3. The molecule has 0 saturated carbocycles. The molecule has 1 heterocycles. The third kappa shape index (κ3) is 8.14. The summed E-state index contributed by atoms with van der Waals surface area (Å²) in [5, 5.41) is 28.6. The topological polar surface area (TPSA) is 115 Å². The van der Waals surface area contributed by atoms with Crippen molar-refractivity contribution in [3.8, 4) is 17.9 Å². The molecular formula is C17H15F3N6O2S2. The van der Waals surface area contributed by atoms with E-state index in [1.807, 2.05) is 12.1 Å². The highest BCUT2D eigenvalue weighted by Crippen LogP contribution is 2.29. The maximum Gasteiger partial charge on any atom is 0.573 e. The van der Waals surface area contributed by atoms with Crippen LogP contribution in [0.2, 0.25) is 0 Å². The van der Waals surface area contributed by atoms with Crippen molar-refractivity contribution in [1.82, 2.24) is 15.1 Å². The van der Waals surface area contributed by atoms with Gasteiger partial charge in [0, 0.05) is 18.8 Å². The molecule has 0 fully saturated rings. The first-order chi connectivity index (χ1) is 14.3. The molecule has 0 radical (unpaired) electrons. The largest absolute Gasteiger partial charge is 0.573 e. The first kappa shape index (κ1) is 23.3. The summed E-state index contributed by atoms with van der Waals surface area (Å²) >= 11 is 2.34. The minimum Gasteiger partial charge on any atom is -0.406 e. The SMILES string of the molecule is N#CCCN(CCC#N)C(=O)CSc1nnc(Nc2ccc(OC(F)(F)F)cc2)s1. The van der Waals surface area contributed by atoms with Crippen molar-refractivity contribution >= 4 is 39.8 Å². The molecule has 0 saturated heterocycles. The van der Waals surface area contributed by atoms with Crippen LogP contribution in [0.3, 0.4) is 0 Å². The molecule has 158 valence electrons. The van der Waals surface area contributed by atoms with E-state index in [2.05, 4.69) is 20.3 Å². The lowest BCUT2D eigenvalue weighted by molar-refractivity contribution is -0.274. The number of rotatable bonds is 10. The van der Waals surface area contributed by atoms with E-state index in [1.165, 1.54) is 52.3 Å². The Labute approximate surface area is 178 Å². The monoisotopic (exact) mass is 456 g/mol. The molecule has 1 amide bonds. The molecule has 0 spiro atoms. The Hall–Kier alpha value is -3.03. The number of nitriles is 2. The lowest BCUT2D eigenvalue weighted by atomic mass is 10.3. The van der Waals surface area contributed by atoms with Gasteiger partial charge in [0.1, 0.15) is 5.75 Å². The van der Waals surface area contributed by atoms with Crippen LogP contribution in [0.5, 0.6) is 5.75 Å². The van der Waals surface area contributed by atoms with Crippen molar-refractivity contribution in [2.75, 3.05) is 24.2 Å². The molecule has 1 aromatic carbocycles. The fourth-order valence-corrected chi connectivity index (χ4v) is 3.80. The summed E-state index contributed by atoms with van der Waals surface area (Å²) in [6.07, 6.45) is -4.39. The third-order valence-electron chi connectivity index (χ3n) is 3.40. The van der Waals surface area contributed by atoms with Crippen molar-refractivity contribution < 1.29 is 22.7 Å². The van der Waals surface area contributed by atoms with Gasteiger partial charge in [-0.2, -0.15) is 10.5 Å². The second-order valence-electron chi connectivity index (χ2n) is 5.56.